The molecule has 1 amide bonds. The molecular formula is C25H20BrN3O4. The quantitative estimate of drug-likeness (QED) is 0.552. The highest BCUT2D eigenvalue weighted by Gasteiger charge is 2.61. The SMILES string of the molecule is COc1ccc(C2=NN3[C@H](C2)c2cccc(OC)c2O[C@@]32C(=O)Nc3ccc(Br)cc32)cc1. The van der Waals surface area contributed by atoms with Gasteiger partial charge >= 0.3 is 5.72 Å². The van der Waals surface area contributed by atoms with E-state index in [0.29, 0.717) is 29.2 Å². The number of hydrazone groups is 1. The summed E-state index contributed by atoms with van der Waals surface area (Å²) in [6.07, 6.45) is 0.619. The van der Waals surface area contributed by atoms with Gasteiger partial charge in [0.05, 0.1) is 37.2 Å². The van der Waals surface area contributed by atoms with Gasteiger partial charge in [-0.3, -0.25) is 4.79 Å². The van der Waals surface area contributed by atoms with Crippen LogP contribution in [0.5, 0.6) is 17.2 Å². The Kier molecular flexibility index (Phi) is 4.42. The second kappa shape index (κ2) is 7.25. The molecule has 0 radical (unpaired) electrons. The van der Waals surface area contributed by atoms with Gasteiger partial charge in [-0.1, -0.05) is 28.1 Å². The number of ether oxygens (including phenoxy) is 3. The van der Waals surface area contributed by atoms with Crippen molar-refractivity contribution < 1.29 is 19.0 Å². The van der Waals surface area contributed by atoms with E-state index in [1.165, 1.54) is 0 Å². The van der Waals surface area contributed by atoms with Crippen molar-refractivity contribution in [2.24, 2.45) is 5.10 Å². The van der Waals surface area contributed by atoms with Gasteiger partial charge in [-0.15, -0.1) is 0 Å². The number of rotatable bonds is 3. The lowest BCUT2D eigenvalue weighted by atomic mass is 9.92. The Hall–Kier alpha value is -3.52. The maximum atomic E-state index is 13.6. The molecule has 0 saturated heterocycles. The molecule has 33 heavy (non-hydrogen) atoms. The number of anilines is 1. The van der Waals surface area contributed by atoms with E-state index in [4.69, 9.17) is 19.3 Å². The third-order valence-corrected chi connectivity index (χ3v) is 6.89. The fourth-order valence-corrected chi connectivity index (χ4v) is 5.19. The molecule has 1 spiro atoms. The Balaban J connectivity index is 1.56. The van der Waals surface area contributed by atoms with Crippen molar-refractivity contribution in [2.45, 2.75) is 18.2 Å². The van der Waals surface area contributed by atoms with Crippen molar-refractivity contribution in [3.63, 3.8) is 0 Å². The van der Waals surface area contributed by atoms with Crippen molar-refractivity contribution in [2.75, 3.05) is 19.5 Å². The number of para-hydroxylation sites is 1. The average Bonchev–Trinajstić information content (AvgIpc) is 3.40. The summed E-state index contributed by atoms with van der Waals surface area (Å²) >= 11 is 3.54. The molecular weight excluding hydrogens is 486 g/mol. The highest BCUT2D eigenvalue weighted by molar-refractivity contribution is 9.10. The van der Waals surface area contributed by atoms with Crippen LogP contribution in [0.3, 0.4) is 0 Å². The second-order valence-electron chi connectivity index (χ2n) is 8.11. The summed E-state index contributed by atoms with van der Waals surface area (Å²) in [5.74, 6) is 1.65. The smallest absolute Gasteiger partial charge is 0.306 e. The van der Waals surface area contributed by atoms with Gasteiger partial charge in [0.15, 0.2) is 11.5 Å². The van der Waals surface area contributed by atoms with E-state index in [9.17, 15) is 4.79 Å². The molecule has 0 aromatic heterocycles. The van der Waals surface area contributed by atoms with Crippen molar-refractivity contribution in [3.05, 3.63) is 81.8 Å². The predicted molar refractivity (Wildman–Crippen MR) is 127 cm³/mol. The number of fused-ring (bicyclic) bond motifs is 6. The zero-order valence-corrected chi connectivity index (χ0v) is 19.5. The molecule has 0 unspecified atom stereocenters. The maximum absolute atomic E-state index is 13.6. The number of halogens is 1. The van der Waals surface area contributed by atoms with Crippen LogP contribution in [0.25, 0.3) is 0 Å². The van der Waals surface area contributed by atoms with Gasteiger partial charge < -0.3 is 19.5 Å². The van der Waals surface area contributed by atoms with Crippen LogP contribution in [0.4, 0.5) is 5.69 Å². The standard InChI is InChI=1S/C25H20BrN3O4/c1-31-16-9-6-14(7-10-16)20-13-21-17-4-3-5-22(32-2)23(17)33-25(29(21)28-20)18-12-15(26)8-11-19(18)27-24(25)30/h3-12,21H,13H2,1-2H3,(H,27,30)/t21-,25+/m1/s1. The zero-order chi connectivity index (χ0) is 22.7. The highest BCUT2D eigenvalue weighted by atomic mass is 79.9. The number of hydrogen-bond donors (Lipinski definition) is 1. The molecule has 0 aliphatic carbocycles. The minimum atomic E-state index is -1.44. The normalized spacial score (nSPS) is 22.2. The first-order chi connectivity index (χ1) is 16.0. The largest absolute Gasteiger partial charge is 0.497 e. The van der Waals surface area contributed by atoms with Gasteiger partial charge in [0, 0.05) is 16.5 Å². The summed E-state index contributed by atoms with van der Waals surface area (Å²) in [4.78, 5) is 13.6. The first-order valence-electron chi connectivity index (χ1n) is 10.5. The van der Waals surface area contributed by atoms with Crippen molar-refractivity contribution in [3.8, 4) is 17.2 Å². The van der Waals surface area contributed by atoms with Crippen molar-refractivity contribution in [1.29, 1.82) is 0 Å². The number of hydrogen-bond acceptors (Lipinski definition) is 6. The van der Waals surface area contributed by atoms with Gasteiger partial charge in [-0.25, -0.2) is 5.01 Å². The van der Waals surface area contributed by atoms with Crippen LogP contribution < -0.4 is 19.5 Å². The minimum absolute atomic E-state index is 0.198. The van der Waals surface area contributed by atoms with Crippen molar-refractivity contribution in [1.82, 2.24) is 5.01 Å². The molecule has 3 aromatic rings. The second-order valence-corrected chi connectivity index (χ2v) is 9.02. The van der Waals surface area contributed by atoms with E-state index in [1.54, 1.807) is 14.2 Å². The summed E-state index contributed by atoms with van der Waals surface area (Å²) in [5.41, 5.74) is 2.75. The molecule has 2 atom stereocenters. The van der Waals surface area contributed by atoms with Gasteiger partial charge in [0.2, 0.25) is 0 Å². The number of methoxy groups -OCH3 is 2. The number of benzene rings is 3. The molecule has 3 heterocycles. The first-order valence-corrected chi connectivity index (χ1v) is 11.3. The third-order valence-electron chi connectivity index (χ3n) is 6.40. The molecule has 0 saturated carbocycles. The average molecular weight is 506 g/mol. The lowest BCUT2D eigenvalue weighted by Crippen LogP contribution is -2.55. The molecule has 7 nitrogen and oxygen atoms in total. The van der Waals surface area contributed by atoms with E-state index in [-0.39, 0.29) is 11.9 Å². The number of nitrogens with one attached hydrogen (secondary N) is 1. The molecule has 6 rings (SSSR count). The zero-order valence-electron chi connectivity index (χ0n) is 18.0. The molecule has 0 fully saturated rings. The summed E-state index contributed by atoms with van der Waals surface area (Å²) in [6.45, 7) is 0. The van der Waals surface area contributed by atoms with Gasteiger partial charge in [0.1, 0.15) is 5.75 Å². The van der Waals surface area contributed by atoms with E-state index in [0.717, 1.165) is 27.1 Å². The van der Waals surface area contributed by atoms with E-state index in [1.807, 2.05) is 65.7 Å². The minimum Gasteiger partial charge on any atom is -0.497 e. The lowest BCUT2D eigenvalue weighted by molar-refractivity contribution is -0.161. The number of carbonyl (C=O) groups is 1. The summed E-state index contributed by atoms with van der Waals surface area (Å²) < 4.78 is 18.3. The Morgan fingerprint density at radius 3 is 2.70 bits per heavy atom. The third kappa shape index (κ3) is 2.80. The molecule has 3 aromatic carbocycles. The number of nitrogens with zero attached hydrogens (tertiary/aromatic N) is 2. The first kappa shape index (κ1) is 20.1. The molecule has 3 aliphatic rings. The van der Waals surface area contributed by atoms with Gasteiger partial charge in [-0.2, -0.15) is 5.10 Å². The molecule has 1 N–H and O–H groups in total. The Morgan fingerprint density at radius 1 is 1.12 bits per heavy atom. The summed E-state index contributed by atoms with van der Waals surface area (Å²) in [7, 11) is 3.24. The predicted octanol–water partition coefficient (Wildman–Crippen LogP) is 4.81. The lowest BCUT2D eigenvalue weighted by Gasteiger charge is -2.44. The topological polar surface area (TPSA) is 72.4 Å². The van der Waals surface area contributed by atoms with Crippen LogP contribution in [-0.4, -0.2) is 30.8 Å². The maximum Gasteiger partial charge on any atom is 0.306 e. The molecule has 166 valence electrons. The van der Waals surface area contributed by atoms with E-state index in [2.05, 4.69) is 21.2 Å². The van der Waals surface area contributed by atoms with Crippen LogP contribution in [0.15, 0.2) is 70.2 Å². The van der Waals surface area contributed by atoms with E-state index < -0.39 is 5.72 Å². The number of carbonyl (C=O) groups excluding carboxylic acids is 1. The molecule has 8 heteroatoms. The van der Waals surface area contributed by atoms with Crippen LogP contribution in [0.1, 0.15) is 29.2 Å². The van der Waals surface area contributed by atoms with Crippen LogP contribution >= 0.6 is 15.9 Å². The Morgan fingerprint density at radius 2 is 1.94 bits per heavy atom. The van der Waals surface area contributed by atoms with Crippen molar-refractivity contribution >= 4 is 33.2 Å². The Bertz CT molecular complexity index is 1320. The fraction of sp³-hybridized carbons (Fsp3) is 0.200. The van der Waals surface area contributed by atoms with Crippen LogP contribution in [0, 0.1) is 0 Å². The van der Waals surface area contributed by atoms with E-state index >= 15 is 0 Å². The molecule has 3 aliphatic heterocycles. The Labute approximate surface area is 199 Å². The monoisotopic (exact) mass is 505 g/mol. The van der Waals surface area contributed by atoms with Gasteiger partial charge in [0.25, 0.3) is 5.91 Å². The summed E-state index contributed by atoms with van der Waals surface area (Å²) in [6, 6.07) is 19.0. The van der Waals surface area contributed by atoms with Crippen LogP contribution in [-0.2, 0) is 10.5 Å². The number of amides is 1. The van der Waals surface area contributed by atoms with Gasteiger partial charge in [-0.05, 0) is 54.1 Å². The van der Waals surface area contributed by atoms with Crippen LogP contribution in [0.2, 0.25) is 0 Å². The fourth-order valence-electron chi connectivity index (χ4n) is 4.82. The highest BCUT2D eigenvalue weighted by Crippen LogP contribution is 2.56. The molecule has 0 bridgehead atoms. The summed E-state index contributed by atoms with van der Waals surface area (Å²) in [5, 5.41) is 9.76.